The Morgan fingerprint density at radius 2 is 2.11 bits per heavy atom. The second-order valence-electron chi connectivity index (χ2n) is 3.88. The molecule has 0 saturated carbocycles. The minimum Gasteiger partial charge on any atom is -0.272 e. The number of thioether (sulfide) groups is 1. The van der Waals surface area contributed by atoms with Crippen molar-refractivity contribution in [3.8, 4) is 0 Å². The molecule has 0 bridgehead atoms. The zero-order valence-electron chi connectivity index (χ0n) is 9.12. The van der Waals surface area contributed by atoms with Gasteiger partial charge in [0.15, 0.2) is 5.17 Å². The highest BCUT2D eigenvalue weighted by Gasteiger charge is 2.40. The summed E-state index contributed by atoms with van der Waals surface area (Å²) >= 11 is 13.4. The van der Waals surface area contributed by atoms with Crippen LogP contribution in [0.1, 0.15) is 11.6 Å². The van der Waals surface area contributed by atoms with Crippen LogP contribution < -0.4 is 0 Å². The molecule has 0 spiro atoms. The molecule has 2 atom stereocenters. The van der Waals surface area contributed by atoms with Gasteiger partial charge in [0.05, 0.1) is 11.1 Å². The van der Waals surface area contributed by atoms with E-state index >= 15 is 0 Å². The molecule has 1 aromatic carbocycles. The van der Waals surface area contributed by atoms with Gasteiger partial charge in [0, 0.05) is 5.02 Å². The van der Waals surface area contributed by atoms with Crippen LogP contribution in [0.15, 0.2) is 29.3 Å². The van der Waals surface area contributed by atoms with E-state index in [4.69, 9.17) is 11.6 Å². The summed E-state index contributed by atoms with van der Waals surface area (Å²) in [6.07, 6.45) is 0. The van der Waals surface area contributed by atoms with E-state index in [-0.39, 0.29) is 11.9 Å². The molecule has 3 nitrogen and oxygen atoms in total. The molecule has 2 aliphatic rings. The minimum absolute atomic E-state index is 0.0123. The molecule has 3 rings (SSSR count). The Morgan fingerprint density at radius 3 is 2.83 bits per heavy atom. The number of carbonyl (C=O) groups excluding carboxylic acids is 1. The molecule has 7 heteroatoms. The van der Waals surface area contributed by atoms with Crippen molar-refractivity contribution in [1.29, 1.82) is 0 Å². The Balaban J connectivity index is 1.98. The number of rotatable bonds is 1. The van der Waals surface area contributed by atoms with Crippen molar-refractivity contribution >= 4 is 59.0 Å². The van der Waals surface area contributed by atoms with Crippen molar-refractivity contribution in [2.75, 3.05) is 5.08 Å². The zero-order valence-corrected chi connectivity index (χ0v) is 12.4. The van der Waals surface area contributed by atoms with Gasteiger partial charge in [0.1, 0.15) is 5.25 Å². The third kappa shape index (κ3) is 2.15. The van der Waals surface area contributed by atoms with Gasteiger partial charge >= 0.3 is 0 Å². The number of halogens is 1. The quantitative estimate of drug-likeness (QED) is 0.638. The molecule has 18 heavy (non-hydrogen) atoms. The molecule has 1 amide bonds. The Bertz CT molecular complexity index is 520. The van der Waals surface area contributed by atoms with Gasteiger partial charge in [-0.1, -0.05) is 35.5 Å². The van der Waals surface area contributed by atoms with Gasteiger partial charge in [-0.2, -0.15) is 12.6 Å². The summed E-state index contributed by atoms with van der Waals surface area (Å²) in [6.45, 7) is 0. The number of nitrogens with zero attached hydrogens (tertiary/aromatic N) is 2. The average molecular weight is 317 g/mol. The molecule has 94 valence electrons. The number of hydrogen-bond acceptors (Lipinski definition) is 5. The van der Waals surface area contributed by atoms with E-state index in [1.165, 1.54) is 11.9 Å². The van der Waals surface area contributed by atoms with Gasteiger partial charge < -0.3 is 0 Å². The molecule has 0 radical (unpaired) electrons. The fourth-order valence-corrected chi connectivity index (χ4v) is 4.58. The maximum absolute atomic E-state index is 12.2. The van der Waals surface area contributed by atoms with E-state index in [1.807, 2.05) is 24.3 Å². The van der Waals surface area contributed by atoms with Crippen LogP contribution in [0.2, 0.25) is 5.02 Å². The van der Waals surface area contributed by atoms with Gasteiger partial charge in [-0.25, -0.2) is 4.31 Å². The summed E-state index contributed by atoms with van der Waals surface area (Å²) in [4.78, 5) is 16.8. The highest BCUT2D eigenvalue weighted by atomic mass is 35.5. The fourth-order valence-electron chi connectivity index (χ4n) is 1.85. The van der Waals surface area contributed by atoms with Crippen molar-refractivity contribution in [2.45, 2.75) is 11.3 Å². The summed E-state index contributed by atoms with van der Waals surface area (Å²) in [6, 6.07) is 7.19. The maximum Gasteiger partial charge on any atom is 0.254 e. The first kappa shape index (κ1) is 12.7. The molecular weight excluding hydrogens is 308 g/mol. The van der Waals surface area contributed by atoms with Crippen LogP contribution in [-0.4, -0.2) is 25.7 Å². The average Bonchev–Trinajstić information content (AvgIpc) is 2.83. The van der Waals surface area contributed by atoms with Crippen molar-refractivity contribution in [3.05, 3.63) is 34.9 Å². The first-order chi connectivity index (χ1) is 8.66. The molecule has 1 fully saturated rings. The van der Waals surface area contributed by atoms with E-state index < -0.39 is 5.25 Å². The molecular formula is C11H9ClN2OS3. The van der Waals surface area contributed by atoms with Gasteiger partial charge in [-0.05, 0) is 29.6 Å². The van der Waals surface area contributed by atoms with E-state index in [0.717, 1.165) is 15.8 Å². The topological polar surface area (TPSA) is 32.7 Å². The number of carbonyl (C=O) groups is 1. The second-order valence-corrected chi connectivity index (χ2v) is 7.09. The number of hydrogen-bond donors (Lipinski definition) is 1. The smallest absolute Gasteiger partial charge is 0.254 e. The SMILES string of the molecule is O=C1[C@@H](S)[C@@H](c2ccc(Cl)cc2)N=C2SCSN12. The van der Waals surface area contributed by atoms with Crippen molar-refractivity contribution in [2.24, 2.45) is 4.99 Å². The number of amidine groups is 1. The fraction of sp³-hybridized carbons (Fsp3) is 0.273. The standard InChI is InChI=1S/C11H9ClN2OS3/c12-7-3-1-6(2-4-7)8-9(16)10(15)14-11(13-8)17-5-18-14/h1-4,8-9,16H,5H2/t8-,9+/m1/s1. The van der Waals surface area contributed by atoms with Crippen molar-refractivity contribution in [1.82, 2.24) is 4.31 Å². The molecule has 2 aliphatic heterocycles. The predicted octanol–water partition coefficient (Wildman–Crippen LogP) is 3.23. The van der Waals surface area contributed by atoms with E-state index in [0.29, 0.717) is 5.02 Å². The third-order valence-electron chi connectivity index (χ3n) is 2.76. The summed E-state index contributed by atoms with van der Waals surface area (Å²) in [5.41, 5.74) is 0.970. The Labute approximate surface area is 124 Å². The minimum atomic E-state index is -0.430. The zero-order chi connectivity index (χ0) is 12.7. The summed E-state index contributed by atoms with van der Waals surface area (Å²) < 4.78 is 1.65. The van der Waals surface area contributed by atoms with Crippen LogP contribution in [0.5, 0.6) is 0 Å². The van der Waals surface area contributed by atoms with E-state index in [9.17, 15) is 4.79 Å². The van der Waals surface area contributed by atoms with Crippen LogP contribution >= 0.6 is 47.9 Å². The number of benzene rings is 1. The van der Waals surface area contributed by atoms with Gasteiger partial charge in [-0.15, -0.1) is 0 Å². The molecule has 0 unspecified atom stereocenters. The molecule has 0 aliphatic carbocycles. The lowest BCUT2D eigenvalue weighted by Gasteiger charge is -2.29. The predicted molar refractivity (Wildman–Crippen MR) is 81.3 cm³/mol. The van der Waals surface area contributed by atoms with Gasteiger partial charge in [0.2, 0.25) is 0 Å². The molecule has 1 aromatic rings. The molecule has 0 aromatic heterocycles. The normalized spacial score (nSPS) is 27.1. The maximum atomic E-state index is 12.2. The van der Waals surface area contributed by atoms with Crippen LogP contribution in [0.3, 0.4) is 0 Å². The number of thiol groups is 1. The summed E-state index contributed by atoms with van der Waals surface area (Å²) in [5, 5.41) is 1.87. The van der Waals surface area contributed by atoms with Crippen LogP contribution in [-0.2, 0) is 4.79 Å². The Morgan fingerprint density at radius 1 is 1.39 bits per heavy atom. The van der Waals surface area contributed by atoms with Crippen LogP contribution in [0.4, 0.5) is 0 Å². The highest BCUT2D eigenvalue weighted by molar-refractivity contribution is 8.28. The highest BCUT2D eigenvalue weighted by Crippen LogP contribution is 2.40. The third-order valence-corrected chi connectivity index (χ3v) is 5.68. The lowest BCUT2D eigenvalue weighted by molar-refractivity contribution is -0.123. The summed E-state index contributed by atoms with van der Waals surface area (Å²) in [5.74, 6) is 0.0123. The number of aliphatic imine (C=N–C) groups is 1. The molecule has 1 saturated heterocycles. The Hall–Kier alpha value is -0.300. The van der Waals surface area contributed by atoms with Crippen molar-refractivity contribution in [3.63, 3.8) is 0 Å². The largest absolute Gasteiger partial charge is 0.272 e. The second kappa shape index (κ2) is 5.00. The molecule has 0 N–H and O–H groups in total. The van der Waals surface area contributed by atoms with Crippen molar-refractivity contribution < 1.29 is 4.79 Å². The first-order valence-electron chi connectivity index (χ1n) is 5.28. The molecule has 2 heterocycles. The lowest BCUT2D eigenvalue weighted by Crippen LogP contribution is -2.40. The monoisotopic (exact) mass is 316 g/mol. The lowest BCUT2D eigenvalue weighted by atomic mass is 10.0. The van der Waals surface area contributed by atoms with E-state index in [2.05, 4.69) is 17.6 Å². The summed E-state index contributed by atoms with van der Waals surface area (Å²) in [7, 11) is 0. The van der Waals surface area contributed by atoms with Gasteiger partial charge in [0.25, 0.3) is 5.91 Å². The number of fused-ring (bicyclic) bond motifs is 1. The first-order valence-corrected chi connectivity index (χ1v) is 8.10. The Kier molecular flexibility index (Phi) is 3.53. The van der Waals surface area contributed by atoms with Crippen LogP contribution in [0.25, 0.3) is 0 Å². The van der Waals surface area contributed by atoms with Crippen LogP contribution in [0, 0.1) is 0 Å². The van der Waals surface area contributed by atoms with Gasteiger partial charge in [-0.3, -0.25) is 9.79 Å². The number of amides is 1. The van der Waals surface area contributed by atoms with E-state index in [1.54, 1.807) is 16.1 Å².